The first-order valence-corrected chi connectivity index (χ1v) is 4.68. The summed E-state index contributed by atoms with van der Waals surface area (Å²) in [6, 6.07) is 0. The number of aliphatic imine (C=N–C) groups is 1. The van der Waals surface area contributed by atoms with E-state index in [-0.39, 0.29) is 0 Å². The summed E-state index contributed by atoms with van der Waals surface area (Å²) in [5.41, 5.74) is 4.04. The normalized spacial score (nSPS) is 13.4. The van der Waals surface area contributed by atoms with E-state index in [2.05, 4.69) is 18.2 Å². The fraction of sp³-hybridized carbons (Fsp3) is 0.308. The van der Waals surface area contributed by atoms with Gasteiger partial charge in [-0.25, -0.2) is 0 Å². The Morgan fingerprint density at radius 2 is 1.71 bits per heavy atom. The van der Waals surface area contributed by atoms with E-state index in [1.165, 1.54) is 0 Å². The highest BCUT2D eigenvalue weighted by molar-refractivity contribution is 5.78. The monoisotopic (exact) mass is 189 g/mol. The minimum atomic E-state index is 0.946. The average Bonchev–Trinajstić information content (AvgIpc) is 2.10. The van der Waals surface area contributed by atoms with E-state index in [9.17, 15) is 0 Å². The third-order valence-corrected chi connectivity index (χ3v) is 1.77. The molecule has 0 aliphatic carbocycles. The zero-order valence-corrected chi connectivity index (χ0v) is 9.59. The molecule has 1 nitrogen and oxygen atoms in total. The Morgan fingerprint density at radius 3 is 2.07 bits per heavy atom. The van der Waals surface area contributed by atoms with Crippen molar-refractivity contribution < 1.29 is 0 Å². The fourth-order valence-electron chi connectivity index (χ4n) is 0.821. The Labute approximate surface area is 87.3 Å². The van der Waals surface area contributed by atoms with Crippen LogP contribution in [0.2, 0.25) is 0 Å². The van der Waals surface area contributed by atoms with Crippen molar-refractivity contribution in [3.63, 3.8) is 0 Å². The number of hydrogen-bond donors (Lipinski definition) is 0. The molecule has 0 radical (unpaired) electrons. The van der Waals surface area contributed by atoms with Crippen molar-refractivity contribution >= 4 is 6.21 Å². The molecular formula is C13H19N. The average molecular weight is 189 g/mol. The molecule has 0 heterocycles. The molecular weight excluding hydrogens is 170 g/mol. The van der Waals surface area contributed by atoms with Gasteiger partial charge in [0.25, 0.3) is 0 Å². The molecule has 0 atom stereocenters. The molecule has 0 aliphatic rings. The van der Waals surface area contributed by atoms with Crippen LogP contribution >= 0.6 is 0 Å². The topological polar surface area (TPSA) is 12.4 Å². The third-order valence-electron chi connectivity index (χ3n) is 1.77. The van der Waals surface area contributed by atoms with Gasteiger partial charge >= 0.3 is 0 Å². The molecule has 0 N–H and O–H groups in total. The van der Waals surface area contributed by atoms with Crippen molar-refractivity contribution in [2.24, 2.45) is 4.99 Å². The van der Waals surface area contributed by atoms with E-state index in [4.69, 9.17) is 0 Å². The maximum Gasteiger partial charge on any atom is 0.0658 e. The van der Waals surface area contributed by atoms with E-state index < -0.39 is 0 Å². The fourth-order valence-corrected chi connectivity index (χ4v) is 0.821. The van der Waals surface area contributed by atoms with Gasteiger partial charge in [-0.2, -0.15) is 0 Å². The van der Waals surface area contributed by atoms with Crippen LogP contribution in [-0.4, -0.2) is 6.21 Å². The molecule has 0 saturated carbocycles. The molecule has 0 unspecified atom stereocenters. The zero-order chi connectivity index (χ0) is 11.1. The van der Waals surface area contributed by atoms with Gasteiger partial charge in [-0.3, -0.25) is 4.99 Å². The van der Waals surface area contributed by atoms with Crippen LogP contribution in [0.5, 0.6) is 0 Å². The number of nitrogens with zero attached hydrogens (tertiary/aromatic N) is 1. The lowest BCUT2D eigenvalue weighted by atomic mass is 10.1. The van der Waals surface area contributed by atoms with Crippen LogP contribution in [0.25, 0.3) is 0 Å². The summed E-state index contributed by atoms with van der Waals surface area (Å²) in [5, 5.41) is 0. The molecule has 0 aliphatic heterocycles. The maximum absolute atomic E-state index is 4.34. The molecule has 0 fully saturated rings. The van der Waals surface area contributed by atoms with Crippen LogP contribution in [0.4, 0.5) is 0 Å². The predicted molar refractivity (Wildman–Crippen MR) is 65.6 cm³/mol. The van der Waals surface area contributed by atoms with Crippen molar-refractivity contribution in [3.8, 4) is 0 Å². The van der Waals surface area contributed by atoms with Crippen molar-refractivity contribution in [3.05, 3.63) is 47.7 Å². The van der Waals surface area contributed by atoms with Gasteiger partial charge in [0.05, 0.1) is 5.70 Å². The number of rotatable bonds is 4. The number of allylic oxidation sites excluding steroid dienone is 5. The lowest BCUT2D eigenvalue weighted by Crippen LogP contribution is -1.85. The molecule has 0 saturated heterocycles. The zero-order valence-electron chi connectivity index (χ0n) is 9.59. The van der Waals surface area contributed by atoms with E-state index in [1.807, 2.05) is 39.8 Å². The minimum Gasteiger partial charge on any atom is -0.256 e. The molecule has 0 bridgehead atoms. The standard InChI is InChI=1S/C13H19N/c1-7-8-13(12(6)11(4)5)14-9-10(2)3/h7-9H,2,4H2,1,3,5-6H3/b8-7+,13-12+,14-9-. The Bertz CT molecular complexity index is 314. The summed E-state index contributed by atoms with van der Waals surface area (Å²) in [4.78, 5) is 4.34. The van der Waals surface area contributed by atoms with Gasteiger partial charge in [-0.1, -0.05) is 24.8 Å². The SMILES string of the molecule is C=C(C)\C=N/C(/C=C/C)=C(\C)C(=C)C. The Balaban J connectivity index is 5.04. The van der Waals surface area contributed by atoms with Crippen LogP contribution in [0.3, 0.4) is 0 Å². The van der Waals surface area contributed by atoms with E-state index in [1.54, 1.807) is 6.21 Å². The molecule has 0 aromatic rings. The second kappa shape index (κ2) is 6.14. The van der Waals surface area contributed by atoms with Crippen LogP contribution in [-0.2, 0) is 0 Å². The van der Waals surface area contributed by atoms with Crippen LogP contribution < -0.4 is 0 Å². The molecule has 0 rings (SSSR count). The minimum absolute atomic E-state index is 0.946. The highest BCUT2D eigenvalue weighted by atomic mass is 14.7. The molecule has 0 spiro atoms. The van der Waals surface area contributed by atoms with Crippen molar-refractivity contribution in [2.45, 2.75) is 27.7 Å². The van der Waals surface area contributed by atoms with Crippen LogP contribution in [0, 0.1) is 0 Å². The second-order valence-electron chi connectivity index (χ2n) is 3.40. The van der Waals surface area contributed by atoms with E-state index in [0.29, 0.717) is 0 Å². The maximum atomic E-state index is 4.34. The Hall–Kier alpha value is -1.37. The van der Waals surface area contributed by atoms with Gasteiger partial charge in [-0.05, 0) is 44.9 Å². The van der Waals surface area contributed by atoms with Gasteiger partial charge in [0.15, 0.2) is 0 Å². The third kappa shape index (κ3) is 4.61. The Morgan fingerprint density at radius 1 is 1.14 bits per heavy atom. The Kier molecular flexibility index (Phi) is 5.54. The van der Waals surface area contributed by atoms with E-state index >= 15 is 0 Å². The highest BCUT2D eigenvalue weighted by Gasteiger charge is 1.96. The van der Waals surface area contributed by atoms with Gasteiger partial charge in [0.2, 0.25) is 0 Å². The van der Waals surface area contributed by atoms with Crippen molar-refractivity contribution in [2.75, 3.05) is 0 Å². The molecule has 0 aromatic heterocycles. The molecule has 76 valence electrons. The second-order valence-corrected chi connectivity index (χ2v) is 3.40. The predicted octanol–water partition coefficient (Wildman–Crippen LogP) is 4.06. The lowest BCUT2D eigenvalue weighted by Gasteiger charge is -2.02. The quantitative estimate of drug-likeness (QED) is 0.467. The first-order chi connectivity index (χ1) is 6.49. The first kappa shape index (κ1) is 12.6. The summed E-state index contributed by atoms with van der Waals surface area (Å²) >= 11 is 0. The first-order valence-electron chi connectivity index (χ1n) is 4.68. The molecule has 0 aromatic carbocycles. The summed E-state index contributed by atoms with van der Waals surface area (Å²) in [6.45, 7) is 15.6. The van der Waals surface area contributed by atoms with Gasteiger partial charge in [0.1, 0.15) is 0 Å². The van der Waals surface area contributed by atoms with Crippen molar-refractivity contribution in [1.29, 1.82) is 0 Å². The highest BCUT2D eigenvalue weighted by Crippen LogP contribution is 2.14. The summed E-state index contributed by atoms with van der Waals surface area (Å²) in [6.07, 6.45) is 5.71. The smallest absolute Gasteiger partial charge is 0.0658 e. The molecule has 14 heavy (non-hydrogen) atoms. The lowest BCUT2D eigenvalue weighted by molar-refractivity contribution is 1.25. The summed E-state index contributed by atoms with van der Waals surface area (Å²) in [7, 11) is 0. The van der Waals surface area contributed by atoms with Crippen LogP contribution in [0.1, 0.15) is 27.7 Å². The van der Waals surface area contributed by atoms with Crippen LogP contribution in [0.15, 0.2) is 52.7 Å². The summed E-state index contributed by atoms with van der Waals surface area (Å²) < 4.78 is 0. The summed E-state index contributed by atoms with van der Waals surface area (Å²) in [5.74, 6) is 0. The van der Waals surface area contributed by atoms with E-state index in [0.717, 1.165) is 22.4 Å². The largest absolute Gasteiger partial charge is 0.256 e. The van der Waals surface area contributed by atoms with Gasteiger partial charge < -0.3 is 0 Å². The number of hydrogen-bond acceptors (Lipinski definition) is 1. The van der Waals surface area contributed by atoms with Crippen molar-refractivity contribution in [1.82, 2.24) is 0 Å². The molecule has 1 heteroatoms. The van der Waals surface area contributed by atoms with Gasteiger partial charge in [-0.15, -0.1) is 0 Å². The molecule has 0 amide bonds. The van der Waals surface area contributed by atoms with Gasteiger partial charge in [0, 0.05) is 6.21 Å².